The highest BCUT2D eigenvalue weighted by Crippen LogP contribution is 2.16. The molecule has 2 atom stereocenters. The van der Waals surface area contributed by atoms with E-state index in [1.807, 2.05) is 60.7 Å². The quantitative estimate of drug-likeness (QED) is 0.102. The van der Waals surface area contributed by atoms with Crippen LogP contribution in [0.4, 0.5) is 4.79 Å². The molecule has 0 aliphatic carbocycles. The van der Waals surface area contributed by atoms with E-state index in [1.54, 1.807) is 30.3 Å². The Kier molecular flexibility index (Phi) is 11.3. The van der Waals surface area contributed by atoms with E-state index in [2.05, 4.69) is 27.4 Å². The topological polar surface area (TPSA) is 149 Å². The Morgan fingerprint density at radius 1 is 0.907 bits per heavy atom. The van der Waals surface area contributed by atoms with Crippen LogP contribution in [0.15, 0.2) is 102 Å². The lowest BCUT2D eigenvalue weighted by Crippen LogP contribution is -2.41. The van der Waals surface area contributed by atoms with Crippen LogP contribution >= 0.6 is 0 Å². The van der Waals surface area contributed by atoms with Crippen LogP contribution in [0.3, 0.4) is 0 Å². The Morgan fingerprint density at radius 3 is 2.28 bits per heavy atom. The zero-order valence-electron chi connectivity index (χ0n) is 23.8. The monoisotopic (exact) mass is 581 g/mol. The van der Waals surface area contributed by atoms with Crippen molar-refractivity contribution in [1.29, 1.82) is 0 Å². The van der Waals surface area contributed by atoms with Gasteiger partial charge in [0.2, 0.25) is 17.5 Å². The molecule has 0 saturated heterocycles. The summed E-state index contributed by atoms with van der Waals surface area (Å²) in [5.74, 6) is -0.625. The summed E-state index contributed by atoms with van der Waals surface area (Å²) in [5, 5.41) is 9.45. The standard InChI is InChI=1S/C33H35N5O5/c1-2-27(25-13-7-4-8-14-25)35-32(40)26-18-16-23(17-19-26)21-29-37-31(38-43-29)30(39)28(15-9-10-20-34)36-33(41)42-22-24-11-5-3-6-12-24/h2-8,11-14,16-19,27-28H,1,9-10,15,20-22,34H2,(H,35,40)(H,36,41). The third-order valence-electron chi connectivity index (χ3n) is 6.71. The molecule has 0 spiro atoms. The summed E-state index contributed by atoms with van der Waals surface area (Å²) in [6, 6.07) is 24.6. The molecule has 2 unspecified atom stereocenters. The fourth-order valence-corrected chi connectivity index (χ4v) is 4.36. The number of Topliss-reactive ketones (excluding diaryl/α,β-unsaturated/α-hetero) is 1. The molecular formula is C33H35N5O5. The Labute approximate surface area is 250 Å². The second-order valence-corrected chi connectivity index (χ2v) is 9.89. The van der Waals surface area contributed by atoms with E-state index in [0.29, 0.717) is 31.4 Å². The molecule has 1 heterocycles. The summed E-state index contributed by atoms with van der Waals surface area (Å²) in [6.07, 6.45) is 2.88. The van der Waals surface area contributed by atoms with Crippen LogP contribution in [0.25, 0.3) is 0 Å². The first-order valence-electron chi connectivity index (χ1n) is 14.1. The van der Waals surface area contributed by atoms with Crippen molar-refractivity contribution in [1.82, 2.24) is 20.8 Å². The van der Waals surface area contributed by atoms with Gasteiger partial charge in [0.15, 0.2) is 0 Å². The molecule has 0 radical (unpaired) electrons. The molecular weight excluding hydrogens is 546 g/mol. The number of ketones is 1. The SMILES string of the molecule is C=CC(NC(=O)c1ccc(Cc2nc(C(=O)C(CCCCN)NC(=O)OCc3ccccc3)no2)cc1)c1ccccc1. The van der Waals surface area contributed by atoms with Crippen molar-refractivity contribution in [2.24, 2.45) is 5.73 Å². The number of nitrogens with zero attached hydrogens (tertiary/aromatic N) is 2. The molecule has 0 aliphatic heterocycles. The minimum absolute atomic E-state index is 0.0745. The Hall–Kier alpha value is -5.09. The predicted molar refractivity (Wildman–Crippen MR) is 161 cm³/mol. The van der Waals surface area contributed by atoms with Crippen molar-refractivity contribution < 1.29 is 23.6 Å². The number of aromatic nitrogens is 2. The number of hydrogen-bond donors (Lipinski definition) is 3. The molecule has 10 heteroatoms. The average Bonchev–Trinajstić information content (AvgIpc) is 3.51. The van der Waals surface area contributed by atoms with E-state index in [1.165, 1.54) is 0 Å². The van der Waals surface area contributed by atoms with Crippen molar-refractivity contribution in [2.45, 2.75) is 44.4 Å². The smallest absolute Gasteiger partial charge is 0.408 e. The Morgan fingerprint density at radius 2 is 1.60 bits per heavy atom. The largest absolute Gasteiger partial charge is 0.445 e. The lowest BCUT2D eigenvalue weighted by Gasteiger charge is -2.16. The number of rotatable bonds is 15. The van der Waals surface area contributed by atoms with Gasteiger partial charge in [0.05, 0.1) is 18.5 Å². The number of alkyl carbamates (subject to hydrolysis) is 1. The van der Waals surface area contributed by atoms with E-state index in [0.717, 1.165) is 16.7 Å². The third-order valence-corrected chi connectivity index (χ3v) is 6.71. The molecule has 43 heavy (non-hydrogen) atoms. The normalized spacial score (nSPS) is 12.1. The number of unbranched alkanes of at least 4 members (excludes halogenated alkanes) is 1. The second kappa shape index (κ2) is 15.8. The Bertz CT molecular complexity index is 1490. The van der Waals surface area contributed by atoms with E-state index < -0.39 is 17.9 Å². The predicted octanol–water partition coefficient (Wildman–Crippen LogP) is 4.92. The van der Waals surface area contributed by atoms with Gasteiger partial charge < -0.3 is 25.6 Å². The van der Waals surface area contributed by atoms with Gasteiger partial charge in [-0.15, -0.1) is 6.58 Å². The molecule has 0 aliphatic rings. The van der Waals surface area contributed by atoms with Gasteiger partial charge in [-0.25, -0.2) is 4.79 Å². The summed E-state index contributed by atoms with van der Waals surface area (Å²) in [7, 11) is 0. The molecule has 4 rings (SSSR count). The molecule has 3 aromatic carbocycles. The fraction of sp³-hybridized carbons (Fsp3) is 0.242. The highest BCUT2D eigenvalue weighted by atomic mass is 16.5. The molecule has 1 aromatic heterocycles. The van der Waals surface area contributed by atoms with Crippen molar-refractivity contribution in [3.8, 4) is 0 Å². The van der Waals surface area contributed by atoms with Gasteiger partial charge in [0.1, 0.15) is 6.61 Å². The minimum atomic E-state index is -0.895. The average molecular weight is 582 g/mol. The number of ether oxygens (including phenoxy) is 1. The molecule has 4 N–H and O–H groups in total. The van der Waals surface area contributed by atoms with Crippen molar-refractivity contribution in [2.75, 3.05) is 6.54 Å². The maximum absolute atomic E-state index is 13.2. The van der Waals surface area contributed by atoms with Crippen molar-refractivity contribution >= 4 is 17.8 Å². The molecule has 0 saturated carbocycles. The molecule has 10 nitrogen and oxygen atoms in total. The lowest BCUT2D eigenvalue weighted by atomic mass is 10.0. The molecule has 0 bridgehead atoms. The fourth-order valence-electron chi connectivity index (χ4n) is 4.36. The zero-order chi connectivity index (χ0) is 30.4. The van der Waals surface area contributed by atoms with Crippen LogP contribution in [-0.4, -0.2) is 40.5 Å². The first kappa shape index (κ1) is 30.9. The van der Waals surface area contributed by atoms with Crippen LogP contribution in [0.1, 0.15) is 68.9 Å². The maximum atomic E-state index is 13.2. The number of benzene rings is 3. The number of hydrogen-bond acceptors (Lipinski definition) is 8. The number of nitrogens with two attached hydrogens (primary N) is 1. The van der Waals surface area contributed by atoms with Crippen LogP contribution in [-0.2, 0) is 17.8 Å². The maximum Gasteiger partial charge on any atom is 0.408 e. The highest BCUT2D eigenvalue weighted by Gasteiger charge is 2.27. The molecule has 2 amide bonds. The summed E-state index contributed by atoms with van der Waals surface area (Å²) >= 11 is 0. The van der Waals surface area contributed by atoms with Gasteiger partial charge >= 0.3 is 6.09 Å². The lowest BCUT2D eigenvalue weighted by molar-refractivity contribution is 0.0896. The summed E-state index contributed by atoms with van der Waals surface area (Å²) < 4.78 is 10.6. The number of carbonyl (C=O) groups excluding carboxylic acids is 3. The molecule has 0 fully saturated rings. The van der Waals surface area contributed by atoms with E-state index in [4.69, 9.17) is 15.0 Å². The molecule has 222 valence electrons. The van der Waals surface area contributed by atoms with Crippen molar-refractivity contribution in [3.05, 3.63) is 132 Å². The van der Waals surface area contributed by atoms with Gasteiger partial charge in [0, 0.05) is 5.56 Å². The second-order valence-electron chi connectivity index (χ2n) is 9.89. The van der Waals surface area contributed by atoms with Gasteiger partial charge in [-0.05, 0) is 54.6 Å². The summed E-state index contributed by atoms with van der Waals surface area (Å²) in [5.41, 5.74) is 8.66. The number of nitrogens with one attached hydrogen (secondary N) is 2. The first-order valence-corrected chi connectivity index (χ1v) is 14.1. The van der Waals surface area contributed by atoms with Crippen LogP contribution in [0.5, 0.6) is 0 Å². The Balaban J connectivity index is 1.35. The minimum Gasteiger partial charge on any atom is -0.445 e. The number of amides is 2. The first-order chi connectivity index (χ1) is 21.0. The third kappa shape index (κ3) is 9.20. The van der Waals surface area contributed by atoms with Gasteiger partial charge in [0.25, 0.3) is 5.91 Å². The molecule has 4 aromatic rings. The summed E-state index contributed by atoms with van der Waals surface area (Å²) in [6.45, 7) is 4.37. The van der Waals surface area contributed by atoms with Gasteiger partial charge in [-0.1, -0.05) is 84.0 Å². The van der Waals surface area contributed by atoms with E-state index in [9.17, 15) is 14.4 Å². The van der Waals surface area contributed by atoms with E-state index >= 15 is 0 Å². The van der Waals surface area contributed by atoms with Crippen LogP contribution in [0.2, 0.25) is 0 Å². The van der Waals surface area contributed by atoms with E-state index in [-0.39, 0.29) is 36.7 Å². The van der Waals surface area contributed by atoms with Gasteiger partial charge in [-0.2, -0.15) is 4.98 Å². The summed E-state index contributed by atoms with van der Waals surface area (Å²) in [4.78, 5) is 42.7. The van der Waals surface area contributed by atoms with Gasteiger partial charge in [-0.3, -0.25) is 9.59 Å². The van der Waals surface area contributed by atoms with Crippen LogP contribution < -0.4 is 16.4 Å². The highest BCUT2D eigenvalue weighted by molar-refractivity contribution is 5.98. The zero-order valence-corrected chi connectivity index (χ0v) is 23.8. The number of carbonyl (C=O) groups is 3. The van der Waals surface area contributed by atoms with Crippen molar-refractivity contribution in [3.63, 3.8) is 0 Å². The van der Waals surface area contributed by atoms with Crippen LogP contribution in [0, 0.1) is 0 Å².